The minimum absolute atomic E-state index is 0.135. The SMILES string of the molecule is O=C(c1nc2cnc3ccccc3c2[nH]1)C1CC1. The van der Waals surface area contributed by atoms with Crippen molar-refractivity contribution in [3.05, 3.63) is 36.3 Å². The van der Waals surface area contributed by atoms with Crippen molar-refractivity contribution in [1.29, 1.82) is 0 Å². The van der Waals surface area contributed by atoms with Crippen LogP contribution in [0.15, 0.2) is 30.5 Å². The number of H-pyrrole nitrogens is 1. The molecule has 4 heteroatoms. The summed E-state index contributed by atoms with van der Waals surface area (Å²) in [7, 11) is 0. The van der Waals surface area contributed by atoms with Crippen LogP contribution in [0.2, 0.25) is 0 Å². The maximum atomic E-state index is 12.0. The second-order valence-electron chi connectivity index (χ2n) is 4.76. The Hall–Kier alpha value is -2.23. The van der Waals surface area contributed by atoms with Gasteiger partial charge in [0.1, 0.15) is 5.52 Å². The third-order valence-corrected chi connectivity index (χ3v) is 3.41. The van der Waals surface area contributed by atoms with Crippen LogP contribution in [-0.4, -0.2) is 20.7 Å². The monoisotopic (exact) mass is 237 g/mol. The summed E-state index contributed by atoms with van der Waals surface area (Å²) in [6, 6.07) is 7.87. The van der Waals surface area contributed by atoms with E-state index in [1.165, 1.54) is 0 Å². The van der Waals surface area contributed by atoms with Crippen molar-refractivity contribution in [2.24, 2.45) is 5.92 Å². The van der Waals surface area contributed by atoms with E-state index in [4.69, 9.17) is 0 Å². The lowest BCUT2D eigenvalue weighted by molar-refractivity contribution is 0.0959. The van der Waals surface area contributed by atoms with Crippen LogP contribution in [0.3, 0.4) is 0 Å². The van der Waals surface area contributed by atoms with E-state index in [1.54, 1.807) is 6.20 Å². The summed E-state index contributed by atoms with van der Waals surface area (Å²) in [6.07, 6.45) is 3.71. The number of benzene rings is 1. The molecule has 88 valence electrons. The van der Waals surface area contributed by atoms with Crippen molar-refractivity contribution in [3.63, 3.8) is 0 Å². The number of carbonyl (C=O) groups is 1. The van der Waals surface area contributed by atoms with Gasteiger partial charge in [-0.25, -0.2) is 4.98 Å². The Morgan fingerprint density at radius 2 is 2.06 bits per heavy atom. The highest BCUT2D eigenvalue weighted by Gasteiger charge is 2.32. The van der Waals surface area contributed by atoms with Gasteiger partial charge in [0.25, 0.3) is 0 Å². The van der Waals surface area contributed by atoms with Crippen LogP contribution in [0, 0.1) is 5.92 Å². The highest BCUT2D eigenvalue weighted by Crippen LogP contribution is 2.32. The Balaban J connectivity index is 1.98. The quantitative estimate of drug-likeness (QED) is 0.697. The predicted octanol–water partition coefficient (Wildman–Crippen LogP) is 2.70. The van der Waals surface area contributed by atoms with Gasteiger partial charge in [-0.3, -0.25) is 9.78 Å². The molecule has 18 heavy (non-hydrogen) atoms. The molecule has 4 nitrogen and oxygen atoms in total. The van der Waals surface area contributed by atoms with Gasteiger partial charge >= 0.3 is 0 Å². The molecule has 4 rings (SSSR count). The van der Waals surface area contributed by atoms with Gasteiger partial charge in [0, 0.05) is 11.3 Å². The molecule has 1 saturated carbocycles. The Morgan fingerprint density at radius 1 is 1.22 bits per heavy atom. The molecule has 1 aromatic carbocycles. The van der Waals surface area contributed by atoms with Crippen molar-refractivity contribution < 1.29 is 4.79 Å². The number of aromatic amines is 1. The van der Waals surface area contributed by atoms with Gasteiger partial charge in [0.2, 0.25) is 5.78 Å². The van der Waals surface area contributed by atoms with E-state index < -0.39 is 0 Å². The van der Waals surface area contributed by atoms with E-state index in [9.17, 15) is 4.79 Å². The molecule has 0 saturated heterocycles. The molecule has 0 radical (unpaired) electrons. The molecule has 0 atom stereocenters. The summed E-state index contributed by atoms with van der Waals surface area (Å²) in [6.45, 7) is 0. The van der Waals surface area contributed by atoms with E-state index in [0.717, 1.165) is 34.8 Å². The highest BCUT2D eigenvalue weighted by atomic mass is 16.1. The lowest BCUT2D eigenvalue weighted by Crippen LogP contribution is -2.03. The molecule has 1 fully saturated rings. The molecular weight excluding hydrogens is 226 g/mol. The first kappa shape index (κ1) is 9.76. The molecule has 1 aliphatic carbocycles. The number of rotatable bonds is 2. The van der Waals surface area contributed by atoms with Crippen molar-refractivity contribution in [1.82, 2.24) is 15.0 Å². The zero-order valence-electron chi connectivity index (χ0n) is 9.68. The number of fused-ring (bicyclic) bond motifs is 3. The molecule has 0 spiro atoms. The number of para-hydroxylation sites is 1. The van der Waals surface area contributed by atoms with Crippen LogP contribution in [0.4, 0.5) is 0 Å². The summed E-state index contributed by atoms with van der Waals surface area (Å²) in [5, 5.41) is 1.01. The van der Waals surface area contributed by atoms with Gasteiger partial charge in [0.05, 0.1) is 17.2 Å². The summed E-state index contributed by atoms with van der Waals surface area (Å²) >= 11 is 0. The fraction of sp³-hybridized carbons (Fsp3) is 0.214. The fourth-order valence-electron chi connectivity index (χ4n) is 2.27. The number of hydrogen-bond acceptors (Lipinski definition) is 3. The predicted molar refractivity (Wildman–Crippen MR) is 68.4 cm³/mol. The summed E-state index contributed by atoms with van der Waals surface area (Å²) in [5.74, 6) is 0.797. The van der Waals surface area contributed by atoms with E-state index >= 15 is 0 Å². The lowest BCUT2D eigenvalue weighted by atomic mass is 10.2. The average molecular weight is 237 g/mol. The van der Waals surface area contributed by atoms with Crippen LogP contribution in [0.5, 0.6) is 0 Å². The largest absolute Gasteiger partial charge is 0.335 e. The molecule has 0 unspecified atom stereocenters. The molecule has 0 bridgehead atoms. The lowest BCUT2D eigenvalue weighted by Gasteiger charge is -1.96. The molecule has 0 amide bonds. The summed E-state index contributed by atoms with van der Waals surface area (Å²) in [5.41, 5.74) is 2.58. The molecule has 1 aliphatic rings. The van der Waals surface area contributed by atoms with Crippen molar-refractivity contribution in [3.8, 4) is 0 Å². The van der Waals surface area contributed by atoms with Crippen LogP contribution in [0.25, 0.3) is 21.9 Å². The molecule has 2 aromatic heterocycles. The first-order chi connectivity index (χ1) is 8.83. The topological polar surface area (TPSA) is 58.6 Å². The molecule has 0 aliphatic heterocycles. The number of imidazole rings is 1. The number of aromatic nitrogens is 3. The zero-order chi connectivity index (χ0) is 12.1. The number of nitrogens with zero attached hydrogens (tertiary/aromatic N) is 2. The second kappa shape index (κ2) is 3.38. The summed E-state index contributed by atoms with van der Waals surface area (Å²) < 4.78 is 0. The minimum atomic E-state index is 0.135. The third kappa shape index (κ3) is 1.35. The highest BCUT2D eigenvalue weighted by molar-refractivity contribution is 6.05. The third-order valence-electron chi connectivity index (χ3n) is 3.41. The Morgan fingerprint density at radius 3 is 2.89 bits per heavy atom. The maximum Gasteiger partial charge on any atom is 0.201 e. The van der Waals surface area contributed by atoms with E-state index in [0.29, 0.717) is 5.82 Å². The van der Waals surface area contributed by atoms with Gasteiger partial charge in [-0.1, -0.05) is 18.2 Å². The first-order valence-electron chi connectivity index (χ1n) is 6.10. The zero-order valence-corrected chi connectivity index (χ0v) is 9.68. The van der Waals surface area contributed by atoms with Crippen molar-refractivity contribution >= 4 is 27.7 Å². The number of nitrogens with one attached hydrogen (secondary N) is 1. The first-order valence-corrected chi connectivity index (χ1v) is 6.10. The smallest absolute Gasteiger partial charge is 0.201 e. The van der Waals surface area contributed by atoms with E-state index in [2.05, 4.69) is 15.0 Å². The van der Waals surface area contributed by atoms with Crippen molar-refractivity contribution in [2.45, 2.75) is 12.8 Å². The molecule has 3 aromatic rings. The van der Waals surface area contributed by atoms with Crippen molar-refractivity contribution in [2.75, 3.05) is 0 Å². The fourth-order valence-corrected chi connectivity index (χ4v) is 2.27. The second-order valence-corrected chi connectivity index (χ2v) is 4.76. The molecular formula is C14H11N3O. The Labute approximate surface area is 103 Å². The van der Waals surface area contributed by atoms with Gasteiger partial charge in [-0.15, -0.1) is 0 Å². The van der Waals surface area contributed by atoms with Crippen LogP contribution < -0.4 is 0 Å². The molecule has 2 heterocycles. The van der Waals surface area contributed by atoms with Crippen LogP contribution in [0.1, 0.15) is 23.5 Å². The number of pyridine rings is 1. The van der Waals surface area contributed by atoms with Gasteiger partial charge in [-0.05, 0) is 18.9 Å². The van der Waals surface area contributed by atoms with Crippen LogP contribution >= 0.6 is 0 Å². The van der Waals surface area contributed by atoms with Crippen LogP contribution in [-0.2, 0) is 0 Å². The molecule has 1 N–H and O–H groups in total. The number of hydrogen-bond donors (Lipinski definition) is 1. The van der Waals surface area contributed by atoms with Gasteiger partial charge in [-0.2, -0.15) is 0 Å². The number of Topliss-reactive ketones (excluding diaryl/α,β-unsaturated/α-hetero) is 1. The minimum Gasteiger partial charge on any atom is -0.335 e. The van der Waals surface area contributed by atoms with E-state index in [1.807, 2.05) is 24.3 Å². The number of carbonyl (C=O) groups excluding carboxylic acids is 1. The maximum absolute atomic E-state index is 12.0. The summed E-state index contributed by atoms with van der Waals surface area (Å²) in [4.78, 5) is 23.9. The van der Waals surface area contributed by atoms with Gasteiger partial charge < -0.3 is 4.98 Å². The Kier molecular flexibility index (Phi) is 1.84. The van der Waals surface area contributed by atoms with E-state index in [-0.39, 0.29) is 11.7 Å². The standard InChI is InChI=1S/C14H11N3O/c18-13(8-5-6-8)14-16-11-7-15-10-4-2-1-3-9(10)12(11)17-14/h1-4,7-8H,5-6H2,(H,16,17). The van der Waals surface area contributed by atoms with Gasteiger partial charge in [0.15, 0.2) is 5.82 Å². The Bertz CT molecular complexity index is 771. The average Bonchev–Trinajstić information content (AvgIpc) is 3.16. The number of ketones is 1. The normalized spacial score (nSPS) is 15.3.